The summed E-state index contributed by atoms with van der Waals surface area (Å²) in [4.78, 5) is 11.6. The van der Waals surface area contributed by atoms with E-state index in [-0.39, 0.29) is 16.9 Å². The minimum Gasteiger partial charge on any atom is -0.385 e. The Bertz CT molecular complexity index is 232. The lowest BCUT2D eigenvalue weighted by Crippen LogP contribution is -2.46. The highest BCUT2D eigenvalue weighted by molar-refractivity contribution is 5.78. The normalized spacial score (nSPS) is 12.6. The second-order valence-corrected chi connectivity index (χ2v) is 6.31. The van der Waals surface area contributed by atoms with Crippen molar-refractivity contribution >= 4 is 5.91 Å². The summed E-state index contributed by atoms with van der Waals surface area (Å²) in [7, 11) is 1.71. The molecule has 0 fully saturated rings. The average molecular weight is 244 g/mol. The third-order valence-electron chi connectivity index (χ3n) is 2.39. The molecule has 0 bridgehead atoms. The molecule has 0 aromatic carbocycles. The standard InChI is InChI=1S/C13H28N2O2/c1-12(2,3)15-11(16)9-14-10-13(4,5)7-8-17-6/h14H,7-10H2,1-6H3,(H,15,16). The minimum atomic E-state index is -0.162. The van der Waals surface area contributed by atoms with Crippen LogP contribution < -0.4 is 10.6 Å². The molecule has 0 saturated heterocycles. The summed E-state index contributed by atoms with van der Waals surface area (Å²) in [6.45, 7) is 12.2. The smallest absolute Gasteiger partial charge is 0.234 e. The van der Waals surface area contributed by atoms with Crippen LogP contribution >= 0.6 is 0 Å². The minimum absolute atomic E-state index is 0.0417. The Kier molecular flexibility index (Phi) is 6.72. The molecule has 0 aromatic rings. The molecule has 0 aromatic heterocycles. The Morgan fingerprint density at radius 1 is 1.18 bits per heavy atom. The van der Waals surface area contributed by atoms with E-state index >= 15 is 0 Å². The molecule has 0 saturated carbocycles. The van der Waals surface area contributed by atoms with E-state index in [0.29, 0.717) is 6.54 Å². The van der Waals surface area contributed by atoms with Crippen LogP contribution in [0.1, 0.15) is 41.0 Å². The average Bonchev–Trinajstić information content (AvgIpc) is 2.11. The van der Waals surface area contributed by atoms with Crippen LogP contribution in [0, 0.1) is 5.41 Å². The van der Waals surface area contributed by atoms with Crippen molar-refractivity contribution in [3.8, 4) is 0 Å². The van der Waals surface area contributed by atoms with Crippen LogP contribution in [0.25, 0.3) is 0 Å². The van der Waals surface area contributed by atoms with Gasteiger partial charge in [0.2, 0.25) is 5.91 Å². The molecule has 102 valence electrons. The van der Waals surface area contributed by atoms with Gasteiger partial charge in [0.1, 0.15) is 0 Å². The Labute approximate surface area is 105 Å². The first kappa shape index (κ1) is 16.4. The summed E-state index contributed by atoms with van der Waals surface area (Å²) in [6, 6.07) is 0. The number of nitrogens with one attached hydrogen (secondary N) is 2. The first-order valence-electron chi connectivity index (χ1n) is 6.17. The fourth-order valence-corrected chi connectivity index (χ4v) is 1.44. The number of carbonyl (C=O) groups is 1. The molecule has 0 aliphatic rings. The van der Waals surface area contributed by atoms with Crippen LogP contribution in [0.15, 0.2) is 0 Å². The first-order chi connectivity index (χ1) is 7.66. The maximum absolute atomic E-state index is 11.6. The Hall–Kier alpha value is -0.610. The number of ether oxygens (including phenoxy) is 1. The van der Waals surface area contributed by atoms with Gasteiger partial charge in [-0.15, -0.1) is 0 Å². The molecule has 0 heterocycles. The van der Waals surface area contributed by atoms with Crippen LogP contribution in [0.3, 0.4) is 0 Å². The van der Waals surface area contributed by atoms with Crippen molar-refractivity contribution in [2.75, 3.05) is 26.8 Å². The summed E-state index contributed by atoms with van der Waals surface area (Å²) in [6.07, 6.45) is 0.984. The summed E-state index contributed by atoms with van der Waals surface area (Å²) < 4.78 is 5.06. The second-order valence-electron chi connectivity index (χ2n) is 6.31. The van der Waals surface area contributed by atoms with Crippen molar-refractivity contribution in [3.63, 3.8) is 0 Å². The quantitative estimate of drug-likeness (QED) is 0.714. The first-order valence-corrected chi connectivity index (χ1v) is 6.17. The lowest BCUT2D eigenvalue weighted by Gasteiger charge is -2.25. The topological polar surface area (TPSA) is 50.4 Å². The van der Waals surface area contributed by atoms with Crippen molar-refractivity contribution in [1.82, 2.24) is 10.6 Å². The molecule has 0 radical (unpaired) electrons. The van der Waals surface area contributed by atoms with Gasteiger partial charge in [0.15, 0.2) is 0 Å². The predicted octanol–water partition coefficient (Wildman–Crippen LogP) is 1.55. The van der Waals surface area contributed by atoms with Crippen molar-refractivity contribution in [2.45, 2.75) is 46.6 Å². The number of amides is 1. The summed E-state index contributed by atoms with van der Waals surface area (Å²) in [5.41, 5.74) is -0.0116. The zero-order valence-electron chi connectivity index (χ0n) is 12.1. The van der Waals surface area contributed by atoms with E-state index in [9.17, 15) is 4.79 Å². The summed E-state index contributed by atoms with van der Waals surface area (Å²) in [5.74, 6) is 0.0417. The summed E-state index contributed by atoms with van der Waals surface area (Å²) in [5, 5.41) is 6.11. The molecular formula is C13H28N2O2. The zero-order valence-corrected chi connectivity index (χ0v) is 12.1. The van der Waals surface area contributed by atoms with Crippen LogP contribution in [-0.4, -0.2) is 38.3 Å². The highest BCUT2D eigenvalue weighted by Gasteiger charge is 2.18. The van der Waals surface area contributed by atoms with Crippen LogP contribution in [0.4, 0.5) is 0 Å². The maximum atomic E-state index is 11.6. The van der Waals surface area contributed by atoms with Gasteiger partial charge in [0, 0.05) is 25.8 Å². The second kappa shape index (κ2) is 6.97. The van der Waals surface area contributed by atoms with Crippen LogP contribution in [-0.2, 0) is 9.53 Å². The van der Waals surface area contributed by atoms with Gasteiger partial charge in [-0.1, -0.05) is 13.8 Å². The van der Waals surface area contributed by atoms with Gasteiger partial charge in [-0.3, -0.25) is 4.79 Å². The van der Waals surface area contributed by atoms with Gasteiger partial charge in [-0.25, -0.2) is 0 Å². The van der Waals surface area contributed by atoms with Gasteiger partial charge in [0.25, 0.3) is 0 Å². The third kappa shape index (κ3) is 10.3. The van der Waals surface area contributed by atoms with Crippen molar-refractivity contribution in [3.05, 3.63) is 0 Å². The lowest BCUT2D eigenvalue weighted by atomic mass is 9.90. The predicted molar refractivity (Wildman–Crippen MR) is 71.0 cm³/mol. The number of rotatable bonds is 7. The lowest BCUT2D eigenvalue weighted by molar-refractivity contribution is -0.121. The molecular weight excluding hydrogens is 216 g/mol. The van der Waals surface area contributed by atoms with Crippen LogP contribution in [0.2, 0.25) is 0 Å². The molecule has 0 rings (SSSR count). The van der Waals surface area contributed by atoms with E-state index in [1.165, 1.54) is 0 Å². The molecule has 0 atom stereocenters. The molecule has 17 heavy (non-hydrogen) atoms. The van der Waals surface area contributed by atoms with Gasteiger partial charge < -0.3 is 15.4 Å². The number of hydrogen-bond donors (Lipinski definition) is 2. The van der Waals surface area contributed by atoms with E-state index in [1.807, 2.05) is 20.8 Å². The van der Waals surface area contributed by atoms with Crippen LogP contribution in [0.5, 0.6) is 0 Å². The fraction of sp³-hybridized carbons (Fsp3) is 0.923. The number of methoxy groups -OCH3 is 1. The third-order valence-corrected chi connectivity index (χ3v) is 2.39. The van der Waals surface area contributed by atoms with Crippen molar-refractivity contribution in [2.24, 2.45) is 5.41 Å². The Balaban J connectivity index is 3.79. The highest BCUT2D eigenvalue weighted by Crippen LogP contribution is 2.18. The molecule has 0 aliphatic heterocycles. The molecule has 4 heteroatoms. The molecule has 2 N–H and O–H groups in total. The molecule has 0 unspecified atom stereocenters. The van der Waals surface area contributed by atoms with E-state index < -0.39 is 0 Å². The maximum Gasteiger partial charge on any atom is 0.234 e. The largest absolute Gasteiger partial charge is 0.385 e. The molecule has 0 spiro atoms. The Morgan fingerprint density at radius 2 is 1.76 bits per heavy atom. The fourth-order valence-electron chi connectivity index (χ4n) is 1.44. The van der Waals surface area contributed by atoms with Gasteiger partial charge in [-0.05, 0) is 32.6 Å². The molecule has 0 aliphatic carbocycles. The number of carbonyl (C=O) groups excluding carboxylic acids is 1. The van der Waals surface area contributed by atoms with Gasteiger partial charge >= 0.3 is 0 Å². The number of hydrogen-bond acceptors (Lipinski definition) is 3. The SMILES string of the molecule is COCCC(C)(C)CNCC(=O)NC(C)(C)C. The van der Waals surface area contributed by atoms with Gasteiger partial charge in [-0.2, -0.15) is 0 Å². The van der Waals surface area contributed by atoms with E-state index in [2.05, 4.69) is 24.5 Å². The van der Waals surface area contributed by atoms with E-state index in [4.69, 9.17) is 4.74 Å². The molecule has 4 nitrogen and oxygen atoms in total. The molecule has 1 amide bonds. The highest BCUT2D eigenvalue weighted by atomic mass is 16.5. The van der Waals surface area contributed by atoms with E-state index in [1.54, 1.807) is 7.11 Å². The summed E-state index contributed by atoms with van der Waals surface area (Å²) >= 11 is 0. The monoisotopic (exact) mass is 244 g/mol. The zero-order chi connectivity index (χ0) is 13.5. The van der Waals surface area contributed by atoms with Crippen molar-refractivity contribution < 1.29 is 9.53 Å². The van der Waals surface area contributed by atoms with Gasteiger partial charge in [0.05, 0.1) is 6.54 Å². The van der Waals surface area contributed by atoms with Crippen molar-refractivity contribution in [1.29, 1.82) is 0 Å². The van der Waals surface area contributed by atoms with E-state index in [0.717, 1.165) is 19.6 Å². The Morgan fingerprint density at radius 3 is 2.24 bits per heavy atom.